The average Bonchev–Trinajstić information content (AvgIpc) is 2.76. The highest BCUT2D eigenvalue weighted by Crippen LogP contribution is 2.32. The number of rotatable bonds is 3. The van der Waals surface area contributed by atoms with Crippen molar-refractivity contribution in [1.29, 1.82) is 0 Å². The van der Waals surface area contributed by atoms with Gasteiger partial charge >= 0.3 is 18.3 Å². The van der Waals surface area contributed by atoms with Gasteiger partial charge in [0.25, 0.3) is 0 Å². The normalized spacial score (nSPS) is 21.6. The molecule has 1 aliphatic rings. The van der Waals surface area contributed by atoms with Gasteiger partial charge in [0.05, 0.1) is 12.6 Å². The van der Waals surface area contributed by atoms with E-state index < -0.39 is 30.4 Å². The van der Waals surface area contributed by atoms with Crippen molar-refractivity contribution in [3.8, 4) is 0 Å². The van der Waals surface area contributed by atoms with Crippen molar-refractivity contribution in [2.24, 2.45) is 0 Å². The minimum absolute atomic E-state index is 0.0351. The third kappa shape index (κ3) is 3.32. The predicted octanol–water partition coefficient (Wildman–Crippen LogP) is 2.71. The first-order chi connectivity index (χ1) is 10.3. The number of nitrogens with one attached hydrogen (secondary N) is 1. The summed E-state index contributed by atoms with van der Waals surface area (Å²) < 4.78 is 44.4. The van der Waals surface area contributed by atoms with E-state index in [0.29, 0.717) is 5.56 Å². The van der Waals surface area contributed by atoms with Crippen LogP contribution < -0.4 is 5.32 Å². The fourth-order valence-electron chi connectivity index (χ4n) is 2.41. The van der Waals surface area contributed by atoms with E-state index >= 15 is 0 Å². The first-order valence-electron chi connectivity index (χ1n) is 6.71. The Balaban J connectivity index is 2.26. The van der Waals surface area contributed by atoms with Gasteiger partial charge in [-0.15, -0.1) is 0 Å². The first kappa shape index (κ1) is 16.1. The highest BCUT2D eigenvalue weighted by molar-refractivity contribution is 5.93. The first-order valence-corrected chi connectivity index (χ1v) is 6.71. The van der Waals surface area contributed by atoms with Crippen molar-refractivity contribution in [3.63, 3.8) is 0 Å². The lowest BCUT2D eigenvalue weighted by Crippen LogP contribution is -2.51. The van der Waals surface area contributed by atoms with Gasteiger partial charge in [0.2, 0.25) is 0 Å². The second-order valence-corrected chi connectivity index (χ2v) is 4.80. The third-order valence-corrected chi connectivity index (χ3v) is 3.29. The number of alkyl halides is 3. The summed E-state index contributed by atoms with van der Waals surface area (Å²) >= 11 is 0. The number of ether oxygens (including phenoxy) is 1. The maximum Gasteiger partial charge on any atom is 0.418 e. The standard InChI is InChI=1S/C14H15F3N2O3/c1-2-22-13(21)19-11(14(15,16)17)10(18-12(19)20)8-9-6-4-3-5-7-9/h3-7,10-11H,2,8H2,1H3,(H,18,20)/t10-,11-/m0/s1. The van der Waals surface area contributed by atoms with Crippen LogP contribution in [0.25, 0.3) is 0 Å². The maximum absolute atomic E-state index is 13.3. The Morgan fingerprint density at radius 1 is 1.32 bits per heavy atom. The number of hydrogen-bond donors (Lipinski definition) is 1. The molecule has 0 saturated carbocycles. The Morgan fingerprint density at radius 2 is 1.95 bits per heavy atom. The van der Waals surface area contributed by atoms with E-state index in [1.165, 1.54) is 6.92 Å². The van der Waals surface area contributed by atoms with Crippen LogP contribution in [0, 0.1) is 0 Å². The zero-order chi connectivity index (χ0) is 16.3. The van der Waals surface area contributed by atoms with Crippen LogP contribution in [0.3, 0.4) is 0 Å². The van der Waals surface area contributed by atoms with Crippen LogP contribution in [0.5, 0.6) is 0 Å². The van der Waals surface area contributed by atoms with Gasteiger partial charge in [-0.05, 0) is 18.9 Å². The van der Waals surface area contributed by atoms with Crippen molar-refractivity contribution < 1.29 is 27.5 Å². The zero-order valence-corrected chi connectivity index (χ0v) is 11.8. The van der Waals surface area contributed by atoms with E-state index in [-0.39, 0.29) is 17.9 Å². The van der Waals surface area contributed by atoms with Gasteiger partial charge in [0.15, 0.2) is 6.04 Å². The number of urea groups is 1. The Labute approximate surface area is 125 Å². The number of hydrogen-bond acceptors (Lipinski definition) is 3. The van der Waals surface area contributed by atoms with Crippen molar-refractivity contribution >= 4 is 12.1 Å². The molecule has 1 N–H and O–H groups in total. The fraction of sp³-hybridized carbons (Fsp3) is 0.429. The Kier molecular flexibility index (Phi) is 4.58. The van der Waals surface area contributed by atoms with Gasteiger partial charge in [-0.1, -0.05) is 30.3 Å². The molecule has 0 bridgehead atoms. The van der Waals surface area contributed by atoms with Crippen LogP contribution in [-0.2, 0) is 11.2 Å². The Bertz CT molecular complexity index is 548. The SMILES string of the molecule is CCOC(=O)N1C(=O)N[C@@H](Cc2ccccc2)[C@H]1C(F)(F)F. The number of amides is 3. The summed E-state index contributed by atoms with van der Waals surface area (Å²) in [6.45, 7) is 1.34. The maximum atomic E-state index is 13.3. The number of benzene rings is 1. The van der Waals surface area contributed by atoms with Crippen molar-refractivity contribution in [2.75, 3.05) is 6.61 Å². The van der Waals surface area contributed by atoms with Gasteiger partial charge in [-0.25, -0.2) is 14.5 Å². The summed E-state index contributed by atoms with van der Waals surface area (Å²) in [6, 6.07) is 3.85. The second kappa shape index (κ2) is 6.25. The van der Waals surface area contributed by atoms with Crippen LogP contribution in [0.4, 0.5) is 22.8 Å². The summed E-state index contributed by atoms with van der Waals surface area (Å²) in [7, 11) is 0. The highest BCUT2D eigenvalue weighted by atomic mass is 19.4. The number of imide groups is 1. The number of nitrogens with zero attached hydrogens (tertiary/aromatic N) is 1. The third-order valence-electron chi connectivity index (χ3n) is 3.29. The lowest BCUT2D eigenvalue weighted by molar-refractivity contribution is -0.171. The largest absolute Gasteiger partial charge is 0.449 e. The molecule has 0 unspecified atom stereocenters. The Hall–Kier alpha value is -2.25. The lowest BCUT2D eigenvalue weighted by Gasteiger charge is -2.26. The van der Waals surface area contributed by atoms with Crippen LogP contribution in [0.1, 0.15) is 12.5 Å². The molecule has 0 radical (unpaired) electrons. The van der Waals surface area contributed by atoms with E-state index in [1.54, 1.807) is 30.3 Å². The molecule has 8 heteroatoms. The lowest BCUT2D eigenvalue weighted by atomic mass is 10.00. The van der Waals surface area contributed by atoms with Crippen LogP contribution in [0.2, 0.25) is 0 Å². The van der Waals surface area contributed by atoms with E-state index in [0.717, 1.165) is 0 Å². The minimum atomic E-state index is -4.74. The summed E-state index contributed by atoms with van der Waals surface area (Å²) in [5.41, 5.74) is 0.632. The molecule has 1 aliphatic heterocycles. The van der Waals surface area contributed by atoms with Crippen LogP contribution >= 0.6 is 0 Å². The molecule has 0 aliphatic carbocycles. The molecule has 1 saturated heterocycles. The van der Waals surface area contributed by atoms with Gasteiger partial charge in [0.1, 0.15) is 0 Å². The average molecular weight is 316 g/mol. The number of halogens is 3. The molecule has 120 valence electrons. The number of carbonyl (C=O) groups excluding carboxylic acids is 2. The van der Waals surface area contributed by atoms with Gasteiger partial charge in [0, 0.05) is 0 Å². The molecule has 0 spiro atoms. The highest BCUT2D eigenvalue weighted by Gasteiger charge is 2.57. The molecule has 1 fully saturated rings. The molecule has 5 nitrogen and oxygen atoms in total. The van der Waals surface area contributed by atoms with E-state index in [4.69, 9.17) is 0 Å². The molecule has 3 amide bonds. The van der Waals surface area contributed by atoms with Crippen molar-refractivity contribution in [1.82, 2.24) is 10.2 Å². The molecule has 1 aromatic carbocycles. The monoisotopic (exact) mass is 316 g/mol. The molecule has 1 heterocycles. The number of carbonyl (C=O) groups is 2. The Morgan fingerprint density at radius 3 is 2.50 bits per heavy atom. The molecule has 2 rings (SSSR count). The smallest absolute Gasteiger partial charge is 0.418 e. The summed E-state index contributed by atoms with van der Waals surface area (Å²) in [6.07, 6.45) is -6.07. The van der Waals surface area contributed by atoms with Crippen molar-refractivity contribution in [2.45, 2.75) is 31.6 Å². The van der Waals surface area contributed by atoms with E-state index in [1.807, 2.05) is 0 Å². The fourth-order valence-corrected chi connectivity index (χ4v) is 2.41. The summed E-state index contributed by atoms with van der Waals surface area (Å²) in [5.74, 6) is 0. The van der Waals surface area contributed by atoms with Crippen LogP contribution in [0.15, 0.2) is 30.3 Å². The molecule has 0 aromatic heterocycles. The molecule has 22 heavy (non-hydrogen) atoms. The molecular formula is C14H15F3N2O3. The summed E-state index contributed by atoms with van der Waals surface area (Å²) in [4.78, 5) is 23.5. The summed E-state index contributed by atoms with van der Waals surface area (Å²) in [5, 5.41) is 2.21. The van der Waals surface area contributed by atoms with Gasteiger partial charge in [-0.3, -0.25) is 0 Å². The van der Waals surface area contributed by atoms with E-state index in [2.05, 4.69) is 10.1 Å². The molecule has 2 atom stereocenters. The topological polar surface area (TPSA) is 58.6 Å². The quantitative estimate of drug-likeness (QED) is 0.933. The molecule has 1 aromatic rings. The zero-order valence-electron chi connectivity index (χ0n) is 11.8. The van der Waals surface area contributed by atoms with Gasteiger partial charge < -0.3 is 10.1 Å². The van der Waals surface area contributed by atoms with Crippen LogP contribution in [-0.4, -0.2) is 41.9 Å². The second-order valence-electron chi connectivity index (χ2n) is 4.80. The van der Waals surface area contributed by atoms with Crippen molar-refractivity contribution in [3.05, 3.63) is 35.9 Å². The van der Waals surface area contributed by atoms with Gasteiger partial charge in [-0.2, -0.15) is 13.2 Å². The predicted molar refractivity (Wildman–Crippen MR) is 71.2 cm³/mol. The minimum Gasteiger partial charge on any atom is -0.449 e. The molecular weight excluding hydrogens is 301 g/mol. The van der Waals surface area contributed by atoms with E-state index in [9.17, 15) is 22.8 Å².